The minimum absolute atomic E-state index is 0.0381. The number of carbonyl (C=O) groups excluding carboxylic acids is 3. The summed E-state index contributed by atoms with van der Waals surface area (Å²) in [6.45, 7) is 23.7. The lowest BCUT2D eigenvalue weighted by atomic mass is 9.33. The molecule has 6 aliphatic rings. The number of carboxylic acid groups (broad SMARTS) is 1. The lowest BCUT2D eigenvalue weighted by Crippen LogP contribution is -2.68. The number of allylic oxidation sites excluding steroid dienone is 1. The zero-order chi connectivity index (χ0) is 37.2. The smallest absolute Gasteiger partial charge is 0.309 e. The first-order valence-electron chi connectivity index (χ1n) is 19.4. The molecule has 0 bridgehead atoms. The van der Waals surface area contributed by atoms with Crippen LogP contribution in [0.5, 0.6) is 0 Å². The lowest BCUT2D eigenvalue weighted by Gasteiger charge is -2.72. The second kappa shape index (κ2) is 11.8. The highest BCUT2D eigenvalue weighted by Gasteiger charge is 2.70. The third-order valence-corrected chi connectivity index (χ3v) is 17.1. The molecule has 3 N–H and O–H groups in total. The zero-order valence-electron chi connectivity index (χ0n) is 32.5. The molecule has 0 radical (unpaired) electrons. The zero-order valence-corrected chi connectivity index (χ0v) is 33.2. The highest BCUT2D eigenvalue weighted by atomic mass is 35.5. The van der Waals surface area contributed by atoms with Crippen LogP contribution >= 0.6 is 11.8 Å². The molecule has 0 unspecified atom stereocenters. The molecule has 5 saturated carbocycles. The predicted molar refractivity (Wildman–Crippen MR) is 194 cm³/mol. The summed E-state index contributed by atoms with van der Waals surface area (Å²) in [6.07, 6.45) is 8.16. The van der Waals surface area contributed by atoms with E-state index in [0.29, 0.717) is 24.7 Å². The summed E-state index contributed by atoms with van der Waals surface area (Å²) < 4.78 is 6.38. The van der Waals surface area contributed by atoms with Crippen molar-refractivity contribution in [3.8, 4) is 0 Å². The van der Waals surface area contributed by atoms with Crippen molar-refractivity contribution < 1.29 is 29.0 Å². The van der Waals surface area contributed by atoms with Gasteiger partial charge in [0.05, 0.1) is 17.4 Å². The molecule has 9 heteroatoms. The normalized spacial score (nSPS) is 43.2. The van der Waals surface area contributed by atoms with Gasteiger partial charge in [0.25, 0.3) is 0 Å². The molecule has 280 valence electrons. The van der Waals surface area contributed by atoms with Gasteiger partial charge in [0.15, 0.2) is 5.78 Å². The Balaban J connectivity index is 1.28. The van der Waals surface area contributed by atoms with E-state index in [4.69, 9.17) is 16.5 Å². The number of ether oxygens (including phenoxy) is 1. The minimum Gasteiger partial charge on any atom is -0.481 e. The average Bonchev–Trinajstić information content (AvgIpc) is 3.30. The van der Waals surface area contributed by atoms with Gasteiger partial charge in [0.2, 0.25) is 5.91 Å². The maximum Gasteiger partial charge on any atom is 0.309 e. The van der Waals surface area contributed by atoms with Crippen LogP contribution in [0, 0.1) is 62.6 Å². The molecule has 0 aliphatic heterocycles. The molecule has 1 amide bonds. The molecular weight excluding hydrogens is 652 g/mol. The van der Waals surface area contributed by atoms with Gasteiger partial charge in [-0.15, -0.1) is 0 Å². The number of Topliss-reactive ketones (excluding diaryl/α,β-unsaturated/α-hetero) is 1. The molecule has 8 nitrogen and oxygen atoms in total. The average molecular weight is 715 g/mol. The molecule has 0 aromatic carbocycles. The number of aliphatic carboxylic acids is 1. The fourth-order valence-electron chi connectivity index (χ4n) is 13.3. The van der Waals surface area contributed by atoms with E-state index in [-0.39, 0.29) is 63.2 Å². The monoisotopic (exact) mass is 714 g/mol. The maximum absolute atomic E-state index is 13.9. The number of hydrogen-bond acceptors (Lipinski definition) is 6. The third kappa shape index (κ3) is 5.05. The van der Waals surface area contributed by atoms with Crippen LogP contribution in [0.3, 0.4) is 0 Å². The molecule has 6 aliphatic carbocycles. The molecule has 0 heterocycles. The number of carboxylic acids is 1. The van der Waals surface area contributed by atoms with Crippen LogP contribution in [0.4, 0.5) is 0 Å². The summed E-state index contributed by atoms with van der Waals surface area (Å²) in [5.74, 6) is -0.813. The van der Waals surface area contributed by atoms with Crippen molar-refractivity contribution >= 4 is 35.4 Å². The Kier molecular flexibility index (Phi) is 8.91. The van der Waals surface area contributed by atoms with Crippen molar-refractivity contribution in [2.75, 3.05) is 0 Å². The van der Waals surface area contributed by atoms with E-state index in [9.17, 15) is 24.3 Å². The Hall–Kier alpha value is -1.93. The van der Waals surface area contributed by atoms with Crippen LogP contribution in [-0.2, 0) is 23.9 Å². The molecular formula is C41H63ClN2O6. The van der Waals surface area contributed by atoms with Crippen molar-refractivity contribution in [1.29, 1.82) is 0 Å². The molecule has 0 aromatic heterocycles. The fraction of sp³-hybridized carbons (Fsp3) is 0.854. The number of ketones is 1. The standard InChI is InChI=1S/C41H63ClN2O6/c1-22(2)30-26(45)21-41(43-34(49)37(7,8)44-42)19-18-39(10)23(31(30)41)12-13-28-38(9)16-15-29(36(5,6)27(38)14-17-40(28,39)11)50-33(48)25-20-24(32(46)47)35(25,3)4/h22-25,27-29,44H,12-21H2,1-11H3,(H,43,49)(H,46,47)/t23-,24+,25-,27+,28-,29+,38+,39-,40-,41-/m1/s1. The van der Waals surface area contributed by atoms with Gasteiger partial charge in [-0.2, -0.15) is 0 Å². The molecule has 0 spiro atoms. The highest BCUT2D eigenvalue weighted by Crippen LogP contribution is 2.76. The van der Waals surface area contributed by atoms with E-state index in [1.165, 1.54) is 5.57 Å². The van der Waals surface area contributed by atoms with Crippen molar-refractivity contribution in [1.82, 2.24) is 10.2 Å². The number of hydrogen-bond donors (Lipinski definition) is 3. The molecule has 6 rings (SSSR count). The van der Waals surface area contributed by atoms with E-state index in [1.54, 1.807) is 13.8 Å². The van der Waals surface area contributed by atoms with Crippen LogP contribution in [0.2, 0.25) is 0 Å². The second-order valence-electron chi connectivity index (χ2n) is 20.2. The molecule has 50 heavy (non-hydrogen) atoms. The summed E-state index contributed by atoms with van der Waals surface area (Å²) in [4.78, 5) is 55.5. The van der Waals surface area contributed by atoms with Gasteiger partial charge in [0.1, 0.15) is 11.6 Å². The van der Waals surface area contributed by atoms with Crippen LogP contribution in [0.25, 0.3) is 0 Å². The van der Waals surface area contributed by atoms with Gasteiger partial charge < -0.3 is 15.2 Å². The Bertz CT molecular complexity index is 1520. The Labute approximate surface area is 305 Å². The van der Waals surface area contributed by atoms with Crippen LogP contribution in [0.15, 0.2) is 11.1 Å². The Morgan fingerprint density at radius 2 is 1.52 bits per heavy atom. The van der Waals surface area contributed by atoms with Crippen molar-refractivity contribution in [2.24, 2.45) is 62.6 Å². The summed E-state index contributed by atoms with van der Waals surface area (Å²) in [5, 5.41) is 13.0. The van der Waals surface area contributed by atoms with E-state index in [2.05, 4.69) is 58.6 Å². The minimum atomic E-state index is -0.975. The summed E-state index contributed by atoms with van der Waals surface area (Å²) in [7, 11) is 0. The maximum atomic E-state index is 13.9. The van der Waals surface area contributed by atoms with Gasteiger partial charge in [0, 0.05) is 11.8 Å². The molecule has 5 fully saturated rings. The molecule has 0 aromatic rings. The summed E-state index contributed by atoms with van der Waals surface area (Å²) >= 11 is 6.02. The number of nitrogens with one attached hydrogen (secondary N) is 2. The van der Waals surface area contributed by atoms with E-state index < -0.39 is 28.4 Å². The van der Waals surface area contributed by atoms with Gasteiger partial charge in [-0.05, 0) is 140 Å². The first-order chi connectivity index (χ1) is 22.9. The van der Waals surface area contributed by atoms with Crippen molar-refractivity contribution in [3.05, 3.63) is 11.1 Å². The van der Waals surface area contributed by atoms with Gasteiger partial charge >= 0.3 is 11.9 Å². The van der Waals surface area contributed by atoms with E-state index >= 15 is 0 Å². The van der Waals surface area contributed by atoms with Crippen molar-refractivity contribution in [2.45, 2.75) is 158 Å². The number of halogens is 1. The second-order valence-corrected chi connectivity index (χ2v) is 20.4. The van der Waals surface area contributed by atoms with Gasteiger partial charge in [-0.1, -0.05) is 62.3 Å². The van der Waals surface area contributed by atoms with Gasteiger partial charge in [-0.25, -0.2) is 4.84 Å². The topological polar surface area (TPSA) is 122 Å². The van der Waals surface area contributed by atoms with E-state index in [0.717, 1.165) is 56.9 Å². The summed E-state index contributed by atoms with van der Waals surface area (Å²) in [6, 6.07) is 0. The van der Waals surface area contributed by atoms with E-state index in [1.807, 2.05) is 13.8 Å². The predicted octanol–water partition coefficient (Wildman–Crippen LogP) is 8.02. The lowest BCUT2D eigenvalue weighted by molar-refractivity contribution is -0.235. The Morgan fingerprint density at radius 3 is 2.10 bits per heavy atom. The number of rotatable bonds is 7. The first-order valence-corrected chi connectivity index (χ1v) is 19.7. The van der Waals surface area contributed by atoms with Crippen LogP contribution in [-0.4, -0.2) is 45.9 Å². The SMILES string of the molecule is CC(C)C1=C2[C@H]3CC[C@@H]4[C@@]5(C)CC[C@H](OC(=O)[C@H]6C[C@@H](C(=O)O)C6(C)C)C(C)(C)[C@@H]5CC[C@@]4(C)[C@]3(C)CC[C@@]2(NC(=O)C(C)(C)NCl)CC1=O. The highest BCUT2D eigenvalue weighted by molar-refractivity contribution is 6.15. The number of carbonyl (C=O) groups is 4. The first kappa shape index (κ1) is 37.8. The van der Waals surface area contributed by atoms with Crippen molar-refractivity contribution in [3.63, 3.8) is 0 Å². The third-order valence-electron chi connectivity index (χ3n) is 16.6. The molecule has 0 saturated heterocycles. The van der Waals surface area contributed by atoms with Crippen LogP contribution < -0.4 is 10.2 Å². The van der Waals surface area contributed by atoms with Crippen LogP contribution in [0.1, 0.15) is 140 Å². The number of fused-ring (bicyclic) bond motifs is 7. The summed E-state index contributed by atoms with van der Waals surface area (Å²) in [5.41, 5.74) is -0.264. The Morgan fingerprint density at radius 1 is 0.860 bits per heavy atom. The molecule has 10 atom stereocenters. The quantitative estimate of drug-likeness (QED) is 0.180. The number of esters is 1. The fourth-order valence-corrected chi connectivity index (χ4v) is 13.4. The largest absolute Gasteiger partial charge is 0.481 e. The van der Waals surface area contributed by atoms with Gasteiger partial charge in [-0.3, -0.25) is 19.2 Å². The number of amides is 1.